The first-order chi connectivity index (χ1) is 8.54. The van der Waals surface area contributed by atoms with E-state index in [1.165, 1.54) is 13.2 Å². The summed E-state index contributed by atoms with van der Waals surface area (Å²) in [6.07, 6.45) is 0.0152. The number of methoxy groups -OCH3 is 1. The molecule has 2 amide bonds. The van der Waals surface area contributed by atoms with Gasteiger partial charge in [0, 0.05) is 5.57 Å². The molecule has 0 N–H and O–H groups in total. The molecule has 0 bridgehead atoms. The molecule has 1 heterocycles. The number of anilines is 1. The second-order valence-electron chi connectivity index (χ2n) is 3.86. The molecular formula is C13H11NO4. The van der Waals surface area contributed by atoms with Crippen LogP contribution in [-0.2, 0) is 14.3 Å². The summed E-state index contributed by atoms with van der Waals surface area (Å²) in [5.74, 6) is -1.29. The molecule has 92 valence electrons. The lowest BCUT2D eigenvalue weighted by molar-refractivity contribution is -0.120. The van der Waals surface area contributed by atoms with Crippen molar-refractivity contribution in [2.24, 2.45) is 0 Å². The predicted molar refractivity (Wildman–Crippen MR) is 64.0 cm³/mol. The lowest BCUT2D eigenvalue weighted by atomic mass is 10.2. The summed E-state index contributed by atoms with van der Waals surface area (Å²) in [6, 6.07) is 6.17. The minimum atomic E-state index is -0.519. The summed E-state index contributed by atoms with van der Waals surface area (Å²) >= 11 is 0. The molecule has 2 rings (SSSR count). The molecule has 1 aromatic carbocycles. The van der Waals surface area contributed by atoms with Gasteiger partial charge in [0.25, 0.3) is 5.91 Å². The lowest BCUT2D eigenvalue weighted by Gasteiger charge is -2.14. The number of rotatable bonds is 2. The van der Waals surface area contributed by atoms with Crippen molar-refractivity contribution < 1.29 is 19.1 Å². The Morgan fingerprint density at radius 3 is 2.67 bits per heavy atom. The first kappa shape index (κ1) is 12.0. The Bertz CT molecular complexity index is 562. The smallest absolute Gasteiger partial charge is 0.337 e. The van der Waals surface area contributed by atoms with Crippen molar-refractivity contribution in [2.45, 2.75) is 6.42 Å². The zero-order valence-electron chi connectivity index (χ0n) is 9.80. The molecule has 0 atom stereocenters. The minimum absolute atomic E-state index is 0.0152. The van der Waals surface area contributed by atoms with Gasteiger partial charge in [-0.3, -0.25) is 9.59 Å². The van der Waals surface area contributed by atoms with Gasteiger partial charge in [-0.25, -0.2) is 9.69 Å². The fourth-order valence-corrected chi connectivity index (χ4v) is 1.76. The van der Waals surface area contributed by atoms with Gasteiger partial charge in [0.2, 0.25) is 5.91 Å². The normalized spacial score (nSPS) is 15.2. The number of benzene rings is 1. The fraction of sp³-hybridized carbons (Fsp3) is 0.154. The number of nitrogens with zero attached hydrogens (tertiary/aromatic N) is 1. The highest BCUT2D eigenvalue weighted by molar-refractivity contribution is 6.28. The SMILES string of the molecule is C=C1CC(=O)N(c2cccc(C(=O)OC)c2)C1=O. The van der Waals surface area contributed by atoms with E-state index in [0.717, 1.165) is 4.90 Å². The molecule has 1 aliphatic heterocycles. The standard InChI is InChI=1S/C13H11NO4/c1-8-6-11(15)14(12(8)16)10-5-3-4-9(7-10)13(17)18-2/h3-5,7H,1,6H2,2H3. The summed E-state index contributed by atoms with van der Waals surface area (Å²) in [5, 5.41) is 0. The molecule has 1 aliphatic rings. The van der Waals surface area contributed by atoms with Gasteiger partial charge in [-0.15, -0.1) is 0 Å². The quantitative estimate of drug-likeness (QED) is 0.447. The lowest BCUT2D eigenvalue weighted by Crippen LogP contribution is -2.29. The van der Waals surface area contributed by atoms with Crippen LogP contribution in [0.3, 0.4) is 0 Å². The van der Waals surface area contributed by atoms with E-state index in [1.807, 2.05) is 0 Å². The second-order valence-corrected chi connectivity index (χ2v) is 3.86. The summed E-state index contributed by atoms with van der Waals surface area (Å²) < 4.78 is 4.58. The number of imide groups is 1. The Hall–Kier alpha value is -2.43. The van der Waals surface area contributed by atoms with Crippen molar-refractivity contribution in [1.82, 2.24) is 0 Å². The van der Waals surface area contributed by atoms with Gasteiger partial charge >= 0.3 is 5.97 Å². The van der Waals surface area contributed by atoms with Crippen molar-refractivity contribution >= 4 is 23.5 Å². The van der Waals surface area contributed by atoms with Crippen LogP contribution in [0.2, 0.25) is 0 Å². The van der Waals surface area contributed by atoms with Crippen LogP contribution in [0.1, 0.15) is 16.8 Å². The summed E-state index contributed by atoms with van der Waals surface area (Å²) in [4.78, 5) is 35.8. The summed E-state index contributed by atoms with van der Waals surface area (Å²) in [7, 11) is 1.27. The Morgan fingerprint density at radius 1 is 1.39 bits per heavy atom. The van der Waals surface area contributed by atoms with Crippen LogP contribution in [0.25, 0.3) is 0 Å². The van der Waals surface area contributed by atoms with Crippen LogP contribution >= 0.6 is 0 Å². The van der Waals surface area contributed by atoms with E-state index >= 15 is 0 Å². The van der Waals surface area contributed by atoms with Crippen LogP contribution in [0.4, 0.5) is 5.69 Å². The van der Waals surface area contributed by atoms with E-state index in [9.17, 15) is 14.4 Å². The first-order valence-electron chi connectivity index (χ1n) is 5.28. The largest absolute Gasteiger partial charge is 0.465 e. The van der Waals surface area contributed by atoms with E-state index in [0.29, 0.717) is 5.69 Å². The average molecular weight is 245 g/mol. The van der Waals surface area contributed by atoms with Crippen LogP contribution in [-0.4, -0.2) is 24.9 Å². The van der Waals surface area contributed by atoms with Crippen molar-refractivity contribution in [3.8, 4) is 0 Å². The number of carbonyl (C=O) groups is 3. The summed E-state index contributed by atoms with van der Waals surface area (Å²) in [6.45, 7) is 3.53. The predicted octanol–water partition coefficient (Wildman–Crippen LogP) is 1.29. The molecule has 1 saturated heterocycles. The van der Waals surface area contributed by atoms with E-state index in [4.69, 9.17) is 0 Å². The highest BCUT2D eigenvalue weighted by Crippen LogP contribution is 2.25. The number of hydrogen-bond acceptors (Lipinski definition) is 4. The van der Waals surface area contributed by atoms with E-state index in [1.54, 1.807) is 18.2 Å². The third-order valence-corrected chi connectivity index (χ3v) is 2.65. The Balaban J connectivity index is 2.40. The molecule has 5 nitrogen and oxygen atoms in total. The Kier molecular flexibility index (Phi) is 2.97. The maximum Gasteiger partial charge on any atom is 0.337 e. The van der Waals surface area contributed by atoms with Crippen molar-refractivity contribution in [1.29, 1.82) is 0 Å². The molecule has 0 unspecified atom stereocenters. The molecule has 0 aromatic heterocycles. The molecular weight excluding hydrogens is 234 g/mol. The number of carbonyl (C=O) groups excluding carboxylic acids is 3. The highest BCUT2D eigenvalue weighted by atomic mass is 16.5. The van der Waals surface area contributed by atoms with Gasteiger partial charge in [-0.2, -0.15) is 0 Å². The van der Waals surface area contributed by atoms with Crippen molar-refractivity contribution in [3.63, 3.8) is 0 Å². The molecule has 18 heavy (non-hydrogen) atoms. The van der Waals surface area contributed by atoms with Gasteiger partial charge in [-0.1, -0.05) is 12.6 Å². The van der Waals surface area contributed by atoms with Crippen LogP contribution in [0, 0.1) is 0 Å². The van der Waals surface area contributed by atoms with Gasteiger partial charge in [0.15, 0.2) is 0 Å². The third kappa shape index (κ3) is 1.90. The maximum atomic E-state index is 11.8. The number of amides is 2. The molecule has 1 fully saturated rings. The van der Waals surface area contributed by atoms with E-state index in [-0.39, 0.29) is 23.5 Å². The molecule has 0 saturated carbocycles. The molecule has 0 spiro atoms. The second kappa shape index (κ2) is 4.44. The zero-order chi connectivity index (χ0) is 13.3. The highest BCUT2D eigenvalue weighted by Gasteiger charge is 2.33. The molecule has 5 heteroatoms. The number of esters is 1. The van der Waals surface area contributed by atoms with Crippen LogP contribution in [0.15, 0.2) is 36.4 Å². The fourth-order valence-electron chi connectivity index (χ4n) is 1.76. The number of hydrogen-bond donors (Lipinski definition) is 0. The average Bonchev–Trinajstić information content (AvgIpc) is 2.62. The molecule has 1 aromatic rings. The molecule has 0 aliphatic carbocycles. The van der Waals surface area contributed by atoms with E-state index in [2.05, 4.69) is 11.3 Å². The van der Waals surface area contributed by atoms with Gasteiger partial charge < -0.3 is 4.74 Å². The maximum absolute atomic E-state index is 11.8. The Morgan fingerprint density at radius 2 is 2.11 bits per heavy atom. The number of ether oxygens (including phenoxy) is 1. The van der Waals surface area contributed by atoms with E-state index < -0.39 is 11.9 Å². The van der Waals surface area contributed by atoms with Gasteiger partial charge in [0.05, 0.1) is 24.8 Å². The monoisotopic (exact) mass is 245 g/mol. The first-order valence-corrected chi connectivity index (χ1v) is 5.28. The zero-order valence-corrected chi connectivity index (χ0v) is 9.80. The third-order valence-electron chi connectivity index (χ3n) is 2.65. The Labute approximate surface area is 104 Å². The topological polar surface area (TPSA) is 63.7 Å². The van der Waals surface area contributed by atoms with Crippen molar-refractivity contribution in [2.75, 3.05) is 12.0 Å². The minimum Gasteiger partial charge on any atom is -0.465 e. The van der Waals surface area contributed by atoms with Gasteiger partial charge in [0.1, 0.15) is 0 Å². The van der Waals surface area contributed by atoms with Crippen LogP contribution < -0.4 is 4.90 Å². The summed E-state index contributed by atoms with van der Waals surface area (Å²) in [5.41, 5.74) is 0.892. The van der Waals surface area contributed by atoms with Crippen LogP contribution in [0.5, 0.6) is 0 Å². The van der Waals surface area contributed by atoms with Gasteiger partial charge in [-0.05, 0) is 18.2 Å². The molecule has 0 radical (unpaired) electrons. The van der Waals surface area contributed by atoms with Crippen molar-refractivity contribution in [3.05, 3.63) is 42.0 Å².